The monoisotopic (exact) mass is 477 g/mol. The Morgan fingerprint density at radius 3 is 2.10 bits per heavy atom. The summed E-state index contributed by atoms with van der Waals surface area (Å²) in [5, 5.41) is 14.7. The van der Waals surface area contributed by atoms with Crippen molar-refractivity contribution in [2.45, 2.75) is 0 Å². The van der Waals surface area contributed by atoms with Crippen LogP contribution in [0.15, 0.2) is 22.7 Å². The van der Waals surface area contributed by atoms with Crippen molar-refractivity contribution in [2.24, 2.45) is 0 Å². The van der Waals surface area contributed by atoms with Crippen molar-refractivity contribution in [1.29, 1.82) is 0 Å². The molecule has 0 aliphatic carbocycles. The first-order valence-electron chi connectivity index (χ1n) is 7.46. The van der Waals surface area contributed by atoms with E-state index in [1.165, 1.54) is 0 Å². The van der Waals surface area contributed by atoms with E-state index in [4.69, 9.17) is 9.47 Å². The minimum absolute atomic E-state index is 0.00804. The number of nitro groups is 1. The number of ether oxygens (including phenoxy) is 2. The molecule has 0 radical (unpaired) electrons. The van der Waals surface area contributed by atoms with Crippen LogP contribution in [-0.4, -0.2) is 31.1 Å². The number of urea groups is 1. The van der Waals surface area contributed by atoms with Crippen LogP contribution in [0.5, 0.6) is 11.5 Å². The molecule has 0 atom stereocenters. The van der Waals surface area contributed by atoms with Gasteiger partial charge in [0.1, 0.15) is 22.8 Å². The smallest absolute Gasteiger partial charge is 0.326 e. The van der Waals surface area contributed by atoms with Gasteiger partial charge >= 0.3 is 11.7 Å². The summed E-state index contributed by atoms with van der Waals surface area (Å²) in [6.07, 6.45) is 0. The number of methoxy groups -OCH3 is 2. The number of carbonyl (C=O) groups excluding carboxylic acids is 2. The van der Waals surface area contributed by atoms with Crippen LogP contribution in [0.25, 0.3) is 0 Å². The SMILES string of the molecule is COc1c(Br)cc([N+](=O)[O-])c(OC)c1C(=O)NC(=O)Nc1c(F)cc(F)cc1F. The Morgan fingerprint density at radius 2 is 1.62 bits per heavy atom. The van der Waals surface area contributed by atoms with Gasteiger partial charge in [0, 0.05) is 18.2 Å². The maximum atomic E-state index is 13.6. The molecule has 0 saturated carbocycles. The van der Waals surface area contributed by atoms with Crippen molar-refractivity contribution in [3.63, 3.8) is 0 Å². The molecule has 29 heavy (non-hydrogen) atoms. The van der Waals surface area contributed by atoms with Crippen molar-refractivity contribution in [1.82, 2.24) is 5.32 Å². The predicted octanol–water partition coefficient (Wildman–Crippen LogP) is 3.75. The Bertz CT molecular complexity index is 995. The van der Waals surface area contributed by atoms with E-state index in [1.54, 1.807) is 10.6 Å². The van der Waals surface area contributed by atoms with Crippen LogP contribution < -0.4 is 20.1 Å². The van der Waals surface area contributed by atoms with Crippen LogP contribution in [0.2, 0.25) is 0 Å². The van der Waals surface area contributed by atoms with Gasteiger partial charge in [-0.15, -0.1) is 0 Å². The molecule has 2 aromatic carbocycles. The zero-order chi connectivity index (χ0) is 21.9. The second kappa shape index (κ2) is 8.77. The summed E-state index contributed by atoms with van der Waals surface area (Å²) in [6.45, 7) is 0. The molecule has 3 amide bonds. The minimum Gasteiger partial charge on any atom is -0.495 e. The number of halogens is 4. The fourth-order valence-corrected chi connectivity index (χ4v) is 2.90. The Kier molecular flexibility index (Phi) is 6.64. The maximum absolute atomic E-state index is 13.6. The zero-order valence-electron chi connectivity index (χ0n) is 14.6. The molecule has 0 aliphatic rings. The van der Waals surface area contributed by atoms with Crippen LogP contribution in [0, 0.1) is 27.6 Å². The number of hydrogen-bond donors (Lipinski definition) is 2. The van der Waals surface area contributed by atoms with E-state index < -0.39 is 57.0 Å². The summed E-state index contributed by atoms with van der Waals surface area (Å²) in [6, 6.07) is 0.276. The highest BCUT2D eigenvalue weighted by Gasteiger charge is 2.31. The number of rotatable bonds is 5. The largest absolute Gasteiger partial charge is 0.495 e. The summed E-state index contributed by atoms with van der Waals surface area (Å²) >= 11 is 3.00. The molecule has 0 aromatic heterocycles. The van der Waals surface area contributed by atoms with Gasteiger partial charge in [-0.2, -0.15) is 0 Å². The summed E-state index contributed by atoms with van der Waals surface area (Å²) in [5.41, 5.74) is -2.14. The molecule has 0 heterocycles. The van der Waals surface area contributed by atoms with Crippen LogP contribution in [0.3, 0.4) is 0 Å². The van der Waals surface area contributed by atoms with Gasteiger partial charge in [-0.3, -0.25) is 20.2 Å². The lowest BCUT2D eigenvalue weighted by molar-refractivity contribution is -0.385. The van der Waals surface area contributed by atoms with Crippen molar-refractivity contribution < 1.29 is 37.2 Å². The van der Waals surface area contributed by atoms with Crippen LogP contribution in [0.4, 0.5) is 29.3 Å². The molecule has 9 nitrogen and oxygen atoms in total. The molecule has 2 aromatic rings. The first-order chi connectivity index (χ1) is 13.6. The minimum atomic E-state index is -1.42. The second-order valence-corrected chi connectivity index (χ2v) is 6.08. The van der Waals surface area contributed by atoms with E-state index in [2.05, 4.69) is 15.9 Å². The van der Waals surface area contributed by atoms with Gasteiger partial charge < -0.3 is 14.8 Å². The number of hydrogen-bond acceptors (Lipinski definition) is 6. The van der Waals surface area contributed by atoms with Crippen LogP contribution in [-0.2, 0) is 0 Å². The Labute approximate surface area is 169 Å². The van der Waals surface area contributed by atoms with Crippen LogP contribution in [0.1, 0.15) is 10.4 Å². The van der Waals surface area contributed by atoms with Gasteiger partial charge in [-0.05, 0) is 15.9 Å². The maximum Gasteiger partial charge on any atom is 0.326 e. The summed E-state index contributed by atoms with van der Waals surface area (Å²) in [4.78, 5) is 34.9. The van der Waals surface area contributed by atoms with E-state index in [0.717, 1.165) is 20.3 Å². The van der Waals surface area contributed by atoms with Crippen LogP contribution >= 0.6 is 15.9 Å². The number of nitro benzene ring substituents is 1. The number of anilines is 1. The topological polar surface area (TPSA) is 120 Å². The summed E-state index contributed by atoms with van der Waals surface area (Å²) in [5.74, 6) is -5.99. The van der Waals surface area contributed by atoms with Gasteiger partial charge in [0.25, 0.3) is 5.91 Å². The Balaban J connectivity index is 2.40. The molecule has 0 spiro atoms. The highest BCUT2D eigenvalue weighted by atomic mass is 79.9. The van der Waals surface area contributed by atoms with E-state index in [-0.39, 0.29) is 10.2 Å². The Morgan fingerprint density at radius 1 is 1.07 bits per heavy atom. The second-order valence-electron chi connectivity index (χ2n) is 5.23. The zero-order valence-corrected chi connectivity index (χ0v) is 16.2. The fraction of sp³-hybridized carbons (Fsp3) is 0.125. The number of imide groups is 1. The van der Waals surface area contributed by atoms with E-state index in [0.29, 0.717) is 12.1 Å². The van der Waals surface area contributed by atoms with E-state index in [1.807, 2.05) is 0 Å². The van der Waals surface area contributed by atoms with Gasteiger partial charge in [0.2, 0.25) is 5.75 Å². The molecule has 0 aliphatic heterocycles. The first-order valence-corrected chi connectivity index (χ1v) is 8.25. The molecule has 154 valence electrons. The highest BCUT2D eigenvalue weighted by Crippen LogP contribution is 2.42. The van der Waals surface area contributed by atoms with Crippen molar-refractivity contribution in [3.05, 3.63) is 55.8 Å². The standard InChI is InChI=1S/C16H11BrF3N3O6/c1-28-13-7(17)5-10(23(26)27)14(29-2)11(13)15(24)22-16(25)21-12-8(19)3-6(18)4-9(12)20/h3-5H,1-2H3,(H2,21,22,24,25). The number of nitrogens with one attached hydrogen (secondary N) is 2. The number of nitrogens with zero attached hydrogens (tertiary/aromatic N) is 1. The normalized spacial score (nSPS) is 10.3. The van der Waals surface area contributed by atoms with Crippen molar-refractivity contribution in [3.8, 4) is 11.5 Å². The summed E-state index contributed by atoms with van der Waals surface area (Å²) < 4.78 is 50.1. The third-order valence-electron chi connectivity index (χ3n) is 3.47. The van der Waals surface area contributed by atoms with Gasteiger partial charge in [-0.25, -0.2) is 18.0 Å². The molecule has 0 unspecified atom stereocenters. The number of amides is 3. The van der Waals surface area contributed by atoms with Gasteiger partial charge in [0.05, 0.1) is 23.6 Å². The highest BCUT2D eigenvalue weighted by molar-refractivity contribution is 9.10. The van der Waals surface area contributed by atoms with Crippen molar-refractivity contribution >= 4 is 39.2 Å². The Hall–Kier alpha value is -3.35. The molecule has 0 saturated heterocycles. The molecule has 2 N–H and O–H groups in total. The lowest BCUT2D eigenvalue weighted by atomic mass is 10.1. The average molecular weight is 478 g/mol. The number of benzene rings is 2. The van der Waals surface area contributed by atoms with E-state index in [9.17, 15) is 32.9 Å². The third-order valence-corrected chi connectivity index (χ3v) is 4.06. The lowest BCUT2D eigenvalue weighted by Gasteiger charge is -2.15. The lowest BCUT2D eigenvalue weighted by Crippen LogP contribution is -2.35. The molecule has 0 fully saturated rings. The van der Waals surface area contributed by atoms with Crippen molar-refractivity contribution in [2.75, 3.05) is 19.5 Å². The fourth-order valence-electron chi connectivity index (χ4n) is 2.32. The van der Waals surface area contributed by atoms with Gasteiger partial charge in [-0.1, -0.05) is 0 Å². The molecule has 13 heteroatoms. The average Bonchev–Trinajstić information content (AvgIpc) is 2.63. The third kappa shape index (κ3) is 4.56. The molecule has 2 rings (SSSR count). The molecule has 0 bridgehead atoms. The quantitative estimate of drug-likeness (QED) is 0.499. The molecular weight excluding hydrogens is 467 g/mol. The first kappa shape index (κ1) is 21.9. The molecular formula is C16H11BrF3N3O6. The van der Waals surface area contributed by atoms with E-state index >= 15 is 0 Å². The van der Waals surface area contributed by atoms with Gasteiger partial charge in [0.15, 0.2) is 11.6 Å². The number of carbonyl (C=O) groups is 2. The summed E-state index contributed by atoms with van der Waals surface area (Å²) in [7, 11) is 2.21. The predicted molar refractivity (Wildman–Crippen MR) is 96.7 cm³/mol.